The molecule has 1 rings (SSSR count). The van der Waals surface area contributed by atoms with Crippen molar-refractivity contribution in [2.75, 3.05) is 25.2 Å². The zero-order chi connectivity index (χ0) is 12.0. The van der Waals surface area contributed by atoms with Gasteiger partial charge in [0.05, 0.1) is 13.2 Å². The number of rotatable bonds is 6. The molecule has 90 valence electrons. The Kier molecular flexibility index (Phi) is 5.22. The molecular weight excluding hydrogens is 204 g/mol. The Labute approximate surface area is 96.9 Å². The third-order valence-corrected chi connectivity index (χ3v) is 2.64. The van der Waals surface area contributed by atoms with Gasteiger partial charge < -0.3 is 14.7 Å². The van der Waals surface area contributed by atoms with Crippen LogP contribution < -0.4 is 4.90 Å². The fraction of sp³-hybridized carbons (Fsp3) is 0.583. The molecule has 0 saturated heterocycles. The van der Waals surface area contributed by atoms with Crippen LogP contribution in [0.2, 0.25) is 0 Å². The van der Waals surface area contributed by atoms with Crippen molar-refractivity contribution >= 4 is 5.69 Å². The van der Waals surface area contributed by atoms with Gasteiger partial charge in [-0.1, -0.05) is 0 Å². The molecule has 1 N–H and O–H groups in total. The number of hydrogen-bond acceptors (Lipinski definition) is 4. The molecule has 0 aromatic carbocycles. The molecule has 0 saturated carbocycles. The Bertz CT molecular complexity index is 318. The van der Waals surface area contributed by atoms with Crippen LogP contribution in [0, 0.1) is 0 Å². The molecule has 16 heavy (non-hydrogen) atoms. The summed E-state index contributed by atoms with van der Waals surface area (Å²) in [5, 5.41) is 9.28. The maximum atomic E-state index is 9.28. The molecule has 1 aromatic heterocycles. The number of pyridine rings is 1. The first-order chi connectivity index (χ1) is 7.74. The van der Waals surface area contributed by atoms with Gasteiger partial charge in [-0.05, 0) is 19.9 Å². The van der Waals surface area contributed by atoms with Crippen molar-refractivity contribution in [3.05, 3.63) is 24.0 Å². The second-order valence-corrected chi connectivity index (χ2v) is 3.75. The summed E-state index contributed by atoms with van der Waals surface area (Å²) < 4.78 is 5.16. The van der Waals surface area contributed by atoms with Crippen LogP contribution in [0.3, 0.4) is 0 Å². The Morgan fingerprint density at radius 1 is 1.56 bits per heavy atom. The highest BCUT2D eigenvalue weighted by molar-refractivity contribution is 5.52. The van der Waals surface area contributed by atoms with E-state index in [9.17, 15) is 5.11 Å². The molecule has 0 fully saturated rings. The summed E-state index contributed by atoms with van der Waals surface area (Å²) in [5.74, 6) is 0. The SMILES string of the molecule is CCN(c1ccncc1CO)C(C)COC. The Hall–Kier alpha value is -1.13. The summed E-state index contributed by atoms with van der Waals surface area (Å²) in [7, 11) is 1.70. The van der Waals surface area contributed by atoms with E-state index in [2.05, 4.69) is 23.7 Å². The van der Waals surface area contributed by atoms with Gasteiger partial charge in [-0.2, -0.15) is 0 Å². The van der Waals surface area contributed by atoms with Gasteiger partial charge in [0.1, 0.15) is 0 Å². The molecule has 1 aromatic rings. The van der Waals surface area contributed by atoms with Crippen LogP contribution in [0.5, 0.6) is 0 Å². The first-order valence-electron chi connectivity index (χ1n) is 5.53. The Balaban J connectivity index is 2.93. The maximum absolute atomic E-state index is 9.28. The molecule has 0 aliphatic rings. The van der Waals surface area contributed by atoms with Gasteiger partial charge in [0, 0.05) is 43.3 Å². The van der Waals surface area contributed by atoms with E-state index in [1.165, 1.54) is 0 Å². The smallest absolute Gasteiger partial charge is 0.0717 e. The first-order valence-corrected chi connectivity index (χ1v) is 5.53. The summed E-state index contributed by atoms with van der Waals surface area (Å²) in [5.41, 5.74) is 1.89. The van der Waals surface area contributed by atoms with E-state index in [1.807, 2.05) is 6.07 Å². The fourth-order valence-electron chi connectivity index (χ4n) is 1.87. The minimum absolute atomic E-state index is 0.0133. The van der Waals surface area contributed by atoms with Crippen molar-refractivity contribution in [3.63, 3.8) is 0 Å². The van der Waals surface area contributed by atoms with Crippen LogP contribution >= 0.6 is 0 Å². The molecule has 1 heterocycles. The Morgan fingerprint density at radius 2 is 2.31 bits per heavy atom. The molecule has 4 nitrogen and oxygen atoms in total. The molecule has 0 aliphatic heterocycles. The summed E-state index contributed by atoms with van der Waals surface area (Å²) in [6.45, 7) is 5.75. The molecular formula is C12H20N2O2. The van der Waals surface area contributed by atoms with E-state index < -0.39 is 0 Å². The van der Waals surface area contributed by atoms with E-state index in [0.29, 0.717) is 6.61 Å². The number of aliphatic hydroxyl groups is 1. The van der Waals surface area contributed by atoms with Gasteiger partial charge >= 0.3 is 0 Å². The lowest BCUT2D eigenvalue weighted by Gasteiger charge is -2.31. The summed E-state index contributed by atoms with van der Waals surface area (Å²) >= 11 is 0. The van der Waals surface area contributed by atoms with Crippen molar-refractivity contribution in [1.82, 2.24) is 4.98 Å². The van der Waals surface area contributed by atoms with E-state index in [-0.39, 0.29) is 12.6 Å². The van der Waals surface area contributed by atoms with Gasteiger partial charge in [0.15, 0.2) is 0 Å². The first kappa shape index (κ1) is 12.9. The second-order valence-electron chi connectivity index (χ2n) is 3.75. The van der Waals surface area contributed by atoms with Crippen molar-refractivity contribution in [2.24, 2.45) is 0 Å². The van der Waals surface area contributed by atoms with Gasteiger partial charge in [-0.3, -0.25) is 4.98 Å². The third-order valence-electron chi connectivity index (χ3n) is 2.64. The van der Waals surface area contributed by atoms with E-state index in [4.69, 9.17) is 4.74 Å². The second kappa shape index (κ2) is 6.45. The van der Waals surface area contributed by atoms with Crippen molar-refractivity contribution in [3.8, 4) is 0 Å². The largest absolute Gasteiger partial charge is 0.392 e. The summed E-state index contributed by atoms with van der Waals surface area (Å²) in [6, 6.07) is 2.21. The number of anilines is 1. The molecule has 0 amide bonds. The lowest BCUT2D eigenvalue weighted by Crippen LogP contribution is -2.36. The molecule has 0 bridgehead atoms. The fourth-order valence-corrected chi connectivity index (χ4v) is 1.87. The average molecular weight is 224 g/mol. The van der Waals surface area contributed by atoms with Crippen LogP contribution in [0.1, 0.15) is 19.4 Å². The molecule has 0 aliphatic carbocycles. The predicted octanol–water partition coefficient (Wildman–Crippen LogP) is 1.44. The van der Waals surface area contributed by atoms with E-state index in [1.54, 1.807) is 19.5 Å². The lowest BCUT2D eigenvalue weighted by atomic mass is 10.2. The minimum atomic E-state index is 0.0133. The number of methoxy groups -OCH3 is 1. The average Bonchev–Trinajstić information content (AvgIpc) is 2.31. The number of hydrogen-bond donors (Lipinski definition) is 1. The monoisotopic (exact) mass is 224 g/mol. The van der Waals surface area contributed by atoms with Crippen LogP contribution in [0.4, 0.5) is 5.69 Å². The molecule has 4 heteroatoms. The van der Waals surface area contributed by atoms with Gasteiger partial charge in [0.25, 0.3) is 0 Å². The topological polar surface area (TPSA) is 45.6 Å². The maximum Gasteiger partial charge on any atom is 0.0717 e. The lowest BCUT2D eigenvalue weighted by molar-refractivity contribution is 0.181. The molecule has 0 radical (unpaired) electrons. The van der Waals surface area contributed by atoms with Gasteiger partial charge in [-0.25, -0.2) is 0 Å². The number of likely N-dealkylation sites (N-methyl/N-ethyl adjacent to an activating group) is 1. The standard InChI is InChI=1S/C12H20N2O2/c1-4-14(10(2)9-16-3)12-5-6-13-7-11(12)8-15/h5-7,10,15H,4,8-9H2,1-3H3. The number of ether oxygens (including phenoxy) is 1. The Morgan fingerprint density at radius 3 is 2.88 bits per heavy atom. The van der Waals surface area contributed by atoms with Crippen molar-refractivity contribution in [2.45, 2.75) is 26.5 Å². The highest BCUT2D eigenvalue weighted by Crippen LogP contribution is 2.21. The highest BCUT2D eigenvalue weighted by atomic mass is 16.5. The molecule has 1 unspecified atom stereocenters. The number of nitrogens with zero attached hydrogens (tertiary/aromatic N) is 2. The van der Waals surface area contributed by atoms with Crippen LogP contribution in [-0.4, -0.2) is 36.4 Å². The van der Waals surface area contributed by atoms with Gasteiger partial charge in [-0.15, -0.1) is 0 Å². The van der Waals surface area contributed by atoms with Crippen molar-refractivity contribution in [1.29, 1.82) is 0 Å². The minimum Gasteiger partial charge on any atom is -0.392 e. The van der Waals surface area contributed by atoms with Gasteiger partial charge in [0.2, 0.25) is 0 Å². The summed E-state index contributed by atoms with van der Waals surface area (Å²) in [6.07, 6.45) is 3.45. The highest BCUT2D eigenvalue weighted by Gasteiger charge is 2.15. The normalized spacial score (nSPS) is 12.5. The number of aliphatic hydroxyl groups excluding tert-OH is 1. The zero-order valence-corrected chi connectivity index (χ0v) is 10.2. The van der Waals surface area contributed by atoms with E-state index >= 15 is 0 Å². The quantitative estimate of drug-likeness (QED) is 0.794. The zero-order valence-electron chi connectivity index (χ0n) is 10.2. The van der Waals surface area contributed by atoms with Crippen LogP contribution in [0.15, 0.2) is 18.5 Å². The van der Waals surface area contributed by atoms with Crippen molar-refractivity contribution < 1.29 is 9.84 Å². The summed E-state index contributed by atoms with van der Waals surface area (Å²) in [4.78, 5) is 6.23. The third kappa shape index (κ3) is 2.93. The van der Waals surface area contributed by atoms with E-state index in [0.717, 1.165) is 17.8 Å². The molecule has 0 spiro atoms. The predicted molar refractivity (Wildman–Crippen MR) is 64.5 cm³/mol. The number of aromatic nitrogens is 1. The van der Waals surface area contributed by atoms with Crippen LogP contribution in [0.25, 0.3) is 0 Å². The van der Waals surface area contributed by atoms with Crippen LogP contribution in [-0.2, 0) is 11.3 Å². The molecule has 1 atom stereocenters.